The molecule has 1 aromatic rings. The molecule has 1 aliphatic rings. The Morgan fingerprint density at radius 2 is 1.52 bits per heavy atom. The summed E-state index contributed by atoms with van der Waals surface area (Å²) in [5.74, 6) is -2.40. The molecule has 114 valence electrons. The topological polar surface area (TPSA) is 58.2 Å². The fraction of sp³-hybridized carbons (Fsp3) is 0.429. The van der Waals surface area contributed by atoms with Crippen LogP contribution in [-0.4, -0.2) is 18.0 Å². The van der Waals surface area contributed by atoms with Crippen LogP contribution >= 0.6 is 0 Å². The van der Waals surface area contributed by atoms with E-state index in [1.807, 2.05) is 0 Å². The number of carbonyl (C=O) groups excluding carboxylic acids is 2. The van der Waals surface area contributed by atoms with Crippen LogP contribution in [-0.2, 0) is 9.59 Å². The fourth-order valence-corrected chi connectivity index (χ4v) is 2.32. The maximum Gasteiger partial charge on any atom is 0.471 e. The number of amides is 2. The van der Waals surface area contributed by atoms with E-state index in [1.54, 1.807) is 11.4 Å². The Balaban J connectivity index is 2.09. The highest BCUT2D eigenvalue weighted by molar-refractivity contribution is 6.01. The largest absolute Gasteiger partial charge is 0.471 e. The maximum atomic E-state index is 12.3. The van der Waals surface area contributed by atoms with Gasteiger partial charge in [0.2, 0.25) is 5.91 Å². The maximum absolute atomic E-state index is 12.3. The molecular weight excluding hydrogens is 285 g/mol. The van der Waals surface area contributed by atoms with E-state index in [2.05, 4.69) is 5.32 Å². The zero-order chi connectivity index (χ0) is 15.5. The van der Waals surface area contributed by atoms with Gasteiger partial charge in [-0.2, -0.15) is 13.2 Å². The van der Waals surface area contributed by atoms with Gasteiger partial charge in [-0.05, 0) is 25.0 Å². The monoisotopic (exact) mass is 300 g/mol. The quantitative estimate of drug-likeness (QED) is 0.899. The average molecular weight is 300 g/mol. The number of halogens is 3. The summed E-state index contributed by atoms with van der Waals surface area (Å²) < 4.78 is 36.8. The molecule has 1 fully saturated rings. The summed E-state index contributed by atoms with van der Waals surface area (Å²) >= 11 is 0. The van der Waals surface area contributed by atoms with Crippen molar-refractivity contribution in [2.75, 3.05) is 10.6 Å². The van der Waals surface area contributed by atoms with Crippen LogP contribution in [0.2, 0.25) is 0 Å². The Labute approximate surface area is 119 Å². The van der Waals surface area contributed by atoms with Crippen LogP contribution in [0.4, 0.5) is 24.5 Å². The number of carbonyl (C=O) groups is 2. The second-order valence-corrected chi connectivity index (χ2v) is 4.97. The number of hydrogen-bond donors (Lipinski definition) is 2. The summed E-state index contributed by atoms with van der Waals surface area (Å²) in [5.41, 5.74) is 0.109. The molecule has 1 aromatic carbocycles. The van der Waals surface area contributed by atoms with Crippen LogP contribution in [0.25, 0.3) is 0 Å². The van der Waals surface area contributed by atoms with E-state index in [1.165, 1.54) is 18.2 Å². The molecule has 0 atom stereocenters. The lowest BCUT2D eigenvalue weighted by Gasteiger charge is -2.15. The first kappa shape index (κ1) is 15.3. The SMILES string of the molecule is O=C(Nc1ccccc1NC(=O)C(F)(F)F)C1CCCC1. The molecule has 21 heavy (non-hydrogen) atoms. The van der Waals surface area contributed by atoms with Crippen molar-refractivity contribution in [3.8, 4) is 0 Å². The van der Waals surface area contributed by atoms with Crippen molar-refractivity contribution < 1.29 is 22.8 Å². The van der Waals surface area contributed by atoms with Gasteiger partial charge in [0.15, 0.2) is 0 Å². The first-order chi connectivity index (χ1) is 9.88. The average Bonchev–Trinajstić information content (AvgIpc) is 2.93. The molecule has 2 amide bonds. The first-order valence-corrected chi connectivity index (χ1v) is 6.66. The number of alkyl halides is 3. The Kier molecular flexibility index (Phi) is 4.50. The molecular formula is C14H15F3N2O2. The summed E-state index contributed by atoms with van der Waals surface area (Å²) in [6, 6.07) is 5.83. The molecule has 0 aromatic heterocycles. The zero-order valence-electron chi connectivity index (χ0n) is 11.2. The first-order valence-electron chi connectivity index (χ1n) is 6.66. The van der Waals surface area contributed by atoms with E-state index in [-0.39, 0.29) is 23.2 Å². The van der Waals surface area contributed by atoms with Gasteiger partial charge in [-0.15, -0.1) is 0 Å². The summed E-state index contributed by atoms with van der Waals surface area (Å²) in [6.07, 6.45) is -1.45. The summed E-state index contributed by atoms with van der Waals surface area (Å²) in [7, 11) is 0. The number of benzene rings is 1. The van der Waals surface area contributed by atoms with Crippen molar-refractivity contribution in [2.24, 2.45) is 5.92 Å². The number of hydrogen-bond acceptors (Lipinski definition) is 2. The van der Waals surface area contributed by atoms with Crippen molar-refractivity contribution in [1.29, 1.82) is 0 Å². The lowest BCUT2D eigenvalue weighted by molar-refractivity contribution is -0.167. The van der Waals surface area contributed by atoms with Gasteiger partial charge < -0.3 is 10.6 Å². The molecule has 1 aliphatic carbocycles. The van der Waals surface area contributed by atoms with Gasteiger partial charge in [0.1, 0.15) is 0 Å². The van der Waals surface area contributed by atoms with Gasteiger partial charge in [-0.1, -0.05) is 25.0 Å². The normalized spacial score (nSPS) is 15.8. The van der Waals surface area contributed by atoms with E-state index in [0.29, 0.717) is 0 Å². The van der Waals surface area contributed by atoms with Gasteiger partial charge >= 0.3 is 12.1 Å². The molecule has 2 N–H and O–H groups in total. The van der Waals surface area contributed by atoms with Gasteiger partial charge in [0.25, 0.3) is 0 Å². The third-order valence-electron chi connectivity index (χ3n) is 3.42. The second-order valence-electron chi connectivity index (χ2n) is 4.97. The van der Waals surface area contributed by atoms with Crippen LogP contribution in [0, 0.1) is 5.92 Å². The standard InChI is InChI=1S/C14H15F3N2O2/c15-14(16,17)13(21)19-11-8-4-3-7-10(11)18-12(20)9-5-1-2-6-9/h3-4,7-9H,1-2,5-6H2,(H,18,20)(H,19,21). The minimum Gasteiger partial charge on any atom is -0.324 e. The van der Waals surface area contributed by atoms with Crippen LogP contribution in [0.5, 0.6) is 0 Å². The van der Waals surface area contributed by atoms with E-state index in [0.717, 1.165) is 25.7 Å². The second kappa shape index (κ2) is 6.15. The fourth-order valence-electron chi connectivity index (χ4n) is 2.32. The van der Waals surface area contributed by atoms with Gasteiger partial charge in [0, 0.05) is 5.92 Å². The summed E-state index contributed by atoms with van der Waals surface area (Å²) in [5, 5.41) is 4.36. The lowest BCUT2D eigenvalue weighted by atomic mass is 10.1. The molecule has 1 saturated carbocycles. The third-order valence-corrected chi connectivity index (χ3v) is 3.42. The minimum absolute atomic E-state index is 0.0637. The van der Waals surface area contributed by atoms with Crippen LogP contribution in [0.15, 0.2) is 24.3 Å². The van der Waals surface area contributed by atoms with Crippen LogP contribution in [0.3, 0.4) is 0 Å². The molecule has 0 radical (unpaired) electrons. The number of rotatable bonds is 3. The smallest absolute Gasteiger partial charge is 0.324 e. The lowest BCUT2D eigenvalue weighted by Crippen LogP contribution is -2.30. The van der Waals surface area contributed by atoms with Crippen molar-refractivity contribution >= 4 is 23.2 Å². The Hall–Kier alpha value is -2.05. The van der Waals surface area contributed by atoms with Gasteiger partial charge in [0.05, 0.1) is 11.4 Å². The highest BCUT2D eigenvalue weighted by Gasteiger charge is 2.39. The Morgan fingerprint density at radius 3 is 2.05 bits per heavy atom. The van der Waals surface area contributed by atoms with E-state index in [4.69, 9.17) is 0 Å². The number of nitrogens with one attached hydrogen (secondary N) is 2. The van der Waals surface area contributed by atoms with E-state index in [9.17, 15) is 22.8 Å². The molecule has 0 spiro atoms. The van der Waals surface area contributed by atoms with Gasteiger partial charge in [-0.3, -0.25) is 9.59 Å². The molecule has 2 rings (SSSR count). The molecule has 0 unspecified atom stereocenters. The van der Waals surface area contributed by atoms with Crippen LogP contribution in [0.1, 0.15) is 25.7 Å². The van der Waals surface area contributed by atoms with Crippen molar-refractivity contribution in [3.05, 3.63) is 24.3 Å². The van der Waals surface area contributed by atoms with Crippen molar-refractivity contribution in [2.45, 2.75) is 31.9 Å². The predicted octanol–water partition coefficient (Wildman–Crippen LogP) is 3.32. The summed E-state index contributed by atoms with van der Waals surface area (Å²) in [4.78, 5) is 23.0. The summed E-state index contributed by atoms with van der Waals surface area (Å²) in [6.45, 7) is 0. The Morgan fingerprint density at radius 1 is 1.00 bits per heavy atom. The molecule has 0 aliphatic heterocycles. The molecule has 0 saturated heterocycles. The zero-order valence-corrected chi connectivity index (χ0v) is 11.2. The van der Waals surface area contributed by atoms with Crippen LogP contribution < -0.4 is 10.6 Å². The molecule has 0 heterocycles. The molecule has 4 nitrogen and oxygen atoms in total. The highest BCUT2D eigenvalue weighted by Crippen LogP contribution is 2.29. The van der Waals surface area contributed by atoms with E-state index >= 15 is 0 Å². The van der Waals surface area contributed by atoms with Crippen molar-refractivity contribution in [1.82, 2.24) is 0 Å². The molecule has 0 bridgehead atoms. The number of anilines is 2. The minimum atomic E-state index is -4.97. The van der Waals surface area contributed by atoms with E-state index < -0.39 is 12.1 Å². The number of para-hydroxylation sites is 2. The highest BCUT2D eigenvalue weighted by atomic mass is 19.4. The van der Waals surface area contributed by atoms with Gasteiger partial charge in [-0.25, -0.2) is 0 Å². The Bertz CT molecular complexity index is 537. The molecule has 7 heteroatoms. The third kappa shape index (κ3) is 3.96. The van der Waals surface area contributed by atoms with Crippen molar-refractivity contribution in [3.63, 3.8) is 0 Å². The predicted molar refractivity (Wildman–Crippen MR) is 71.7 cm³/mol.